The van der Waals surface area contributed by atoms with Gasteiger partial charge in [-0.2, -0.15) is 0 Å². The molecule has 0 aliphatic heterocycles. The van der Waals surface area contributed by atoms with Crippen molar-refractivity contribution in [1.29, 1.82) is 0 Å². The summed E-state index contributed by atoms with van der Waals surface area (Å²) >= 11 is 0. The molecule has 0 unspecified atom stereocenters. The Morgan fingerprint density at radius 3 is 2.75 bits per heavy atom. The minimum absolute atomic E-state index is 0.0710. The van der Waals surface area contributed by atoms with Gasteiger partial charge >= 0.3 is 11.8 Å². The molecule has 0 radical (unpaired) electrons. The van der Waals surface area contributed by atoms with Crippen molar-refractivity contribution in [3.05, 3.63) is 24.0 Å². The molecule has 2 N–H and O–H groups in total. The van der Waals surface area contributed by atoms with Crippen molar-refractivity contribution in [3.63, 3.8) is 0 Å². The lowest BCUT2D eigenvalue weighted by molar-refractivity contribution is -0.145. The Hall–Kier alpha value is -2.41. The van der Waals surface area contributed by atoms with Crippen LogP contribution in [-0.4, -0.2) is 40.1 Å². The zero-order chi connectivity index (χ0) is 20.5. The molecule has 1 saturated carbocycles. The number of carbonyl (C=O) groups excluding carboxylic acids is 2. The second-order valence-electron chi connectivity index (χ2n) is 8.17. The van der Waals surface area contributed by atoms with Crippen molar-refractivity contribution in [2.75, 3.05) is 11.9 Å². The predicted octanol–water partition coefficient (Wildman–Crippen LogP) is 2.92. The fraction of sp³-hybridized carbons (Fsp3) is 0.571. The van der Waals surface area contributed by atoms with Gasteiger partial charge in [-0.25, -0.2) is 4.98 Å². The number of rotatable bonds is 6. The first-order valence-corrected chi connectivity index (χ1v) is 9.90. The van der Waals surface area contributed by atoms with E-state index in [9.17, 15) is 9.59 Å². The summed E-state index contributed by atoms with van der Waals surface area (Å²) in [7, 11) is 1.94. The van der Waals surface area contributed by atoms with Crippen LogP contribution in [0, 0.1) is 12.3 Å². The van der Waals surface area contributed by atoms with Crippen LogP contribution < -0.4 is 10.6 Å². The van der Waals surface area contributed by atoms with Gasteiger partial charge in [-0.15, -0.1) is 0 Å². The SMILES string of the molecule is CCCCO[C@H]1C[C@@H](NC(=O)C(=O)Nc2ccc3c(c2)nc(C)n3C)C1(C)C. The first-order chi connectivity index (χ1) is 13.2. The van der Waals surface area contributed by atoms with Gasteiger partial charge in [-0.1, -0.05) is 27.2 Å². The Labute approximate surface area is 165 Å². The van der Waals surface area contributed by atoms with Crippen molar-refractivity contribution >= 4 is 28.5 Å². The highest BCUT2D eigenvalue weighted by molar-refractivity contribution is 6.39. The Morgan fingerprint density at radius 1 is 1.32 bits per heavy atom. The molecule has 2 aromatic rings. The molecule has 0 saturated heterocycles. The molecule has 152 valence electrons. The van der Waals surface area contributed by atoms with E-state index in [0.717, 1.165) is 42.7 Å². The number of unbranched alkanes of at least 4 members (excludes halogenated alkanes) is 1. The predicted molar refractivity (Wildman–Crippen MR) is 109 cm³/mol. The number of imidazole rings is 1. The lowest BCUT2D eigenvalue weighted by atomic mass is 9.64. The molecule has 1 aliphatic carbocycles. The van der Waals surface area contributed by atoms with Crippen LogP contribution in [0.5, 0.6) is 0 Å². The van der Waals surface area contributed by atoms with Gasteiger partial charge in [0.2, 0.25) is 0 Å². The molecule has 1 fully saturated rings. The summed E-state index contributed by atoms with van der Waals surface area (Å²) in [5, 5.41) is 5.51. The number of aromatic nitrogens is 2. The van der Waals surface area contributed by atoms with E-state index < -0.39 is 11.8 Å². The minimum Gasteiger partial charge on any atom is -0.378 e. The highest BCUT2D eigenvalue weighted by Crippen LogP contribution is 2.42. The van der Waals surface area contributed by atoms with Crippen LogP contribution in [0.2, 0.25) is 0 Å². The molecule has 7 nitrogen and oxygen atoms in total. The van der Waals surface area contributed by atoms with Crippen LogP contribution in [0.3, 0.4) is 0 Å². The van der Waals surface area contributed by atoms with E-state index in [1.807, 2.05) is 24.6 Å². The van der Waals surface area contributed by atoms with Crippen LogP contribution in [0.1, 0.15) is 45.9 Å². The topological polar surface area (TPSA) is 85.2 Å². The molecule has 0 bridgehead atoms. The Kier molecular flexibility index (Phi) is 5.74. The first-order valence-electron chi connectivity index (χ1n) is 9.90. The summed E-state index contributed by atoms with van der Waals surface area (Å²) in [4.78, 5) is 29.1. The van der Waals surface area contributed by atoms with Crippen LogP contribution in [-0.2, 0) is 21.4 Å². The number of ether oxygens (including phenoxy) is 1. The number of fused-ring (bicyclic) bond motifs is 1. The van der Waals surface area contributed by atoms with Gasteiger partial charge in [0.25, 0.3) is 0 Å². The quantitative estimate of drug-likeness (QED) is 0.590. The number of nitrogens with zero attached hydrogens (tertiary/aromatic N) is 2. The van der Waals surface area contributed by atoms with Crippen molar-refractivity contribution in [2.45, 2.75) is 59.1 Å². The Bertz CT molecular complexity index is 887. The molecular formula is C21H30N4O3. The van der Waals surface area contributed by atoms with Crippen LogP contribution in [0.4, 0.5) is 5.69 Å². The molecule has 2 atom stereocenters. The maximum absolute atomic E-state index is 12.3. The van der Waals surface area contributed by atoms with E-state index in [0.29, 0.717) is 5.69 Å². The number of amides is 2. The van der Waals surface area contributed by atoms with Gasteiger partial charge in [0, 0.05) is 30.8 Å². The summed E-state index contributed by atoms with van der Waals surface area (Å²) in [6.45, 7) is 8.91. The van der Waals surface area contributed by atoms with E-state index >= 15 is 0 Å². The molecule has 1 aromatic heterocycles. The first kappa shape index (κ1) is 20.3. The minimum atomic E-state index is -0.668. The molecule has 2 amide bonds. The maximum Gasteiger partial charge on any atom is 0.313 e. The molecule has 1 aromatic carbocycles. The number of nitrogens with one attached hydrogen (secondary N) is 2. The van der Waals surface area contributed by atoms with E-state index in [1.165, 1.54) is 0 Å². The Balaban J connectivity index is 1.56. The summed E-state index contributed by atoms with van der Waals surface area (Å²) in [5.41, 5.74) is 2.13. The van der Waals surface area contributed by atoms with Crippen LogP contribution >= 0.6 is 0 Å². The van der Waals surface area contributed by atoms with Gasteiger partial charge in [0.1, 0.15) is 5.82 Å². The van der Waals surface area contributed by atoms with Crippen LogP contribution in [0.15, 0.2) is 18.2 Å². The molecule has 3 rings (SSSR count). The zero-order valence-corrected chi connectivity index (χ0v) is 17.3. The van der Waals surface area contributed by atoms with E-state index in [-0.39, 0.29) is 17.6 Å². The second kappa shape index (κ2) is 7.91. The number of benzene rings is 1. The number of aryl methyl sites for hydroxylation is 2. The lowest BCUT2D eigenvalue weighted by Crippen LogP contribution is -2.63. The summed E-state index contributed by atoms with van der Waals surface area (Å²) in [6.07, 6.45) is 2.97. The van der Waals surface area contributed by atoms with Gasteiger partial charge in [0.05, 0.1) is 17.1 Å². The number of anilines is 1. The monoisotopic (exact) mass is 386 g/mol. The average Bonchev–Trinajstić information content (AvgIpc) is 2.93. The summed E-state index contributed by atoms with van der Waals surface area (Å²) < 4.78 is 7.87. The molecule has 7 heteroatoms. The highest BCUT2D eigenvalue weighted by Gasteiger charge is 2.50. The third-order valence-corrected chi connectivity index (χ3v) is 5.87. The summed E-state index contributed by atoms with van der Waals surface area (Å²) in [6, 6.07) is 5.37. The van der Waals surface area contributed by atoms with Crippen molar-refractivity contribution in [3.8, 4) is 0 Å². The van der Waals surface area contributed by atoms with Gasteiger partial charge in [-0.3, -0.25) is 9.59 Å². The fourth-order valence-corrected chi connectivity index (χ4v) is 3.59. The fourth-order valence-electron chi connectivity index (χ4n) is 3.59. The van der Waals surface area contributed by atoms with E-state index in [2.05, 4.69) is 36.4 Å². The smallest absolute Gasteiger partial charge is 0.313 e. The number of hydrogen-bond acceptors (Lipinski definition) is 4. The van der Waals surface area contributed by atoms with Gasteiger partial charge in [-0.05, 0) is 38.0 Å². The largest absolute Gasteiger partial charge is 0.378 e. The Morgan fingerprint density at radius 2 is 2.07 bits per heavy atom. The highest BCUT2D eigenvalue weighted by atomic mass is 16.5. The van der Waals surface area contributed by atoms with Gasteiger partial charge in [0.15, 0.2) is 0 Å². The molecule has 0 spiro atoms. The third kappa shape index (κ3) is 3.90. The molecular weight excluding hydrogens is 356 g/mol. The average molecular weight is 386 g/mol. The number of carbonyl (C=O) groups is 2. The standard InChI is InChI=1S/C21H30N4O3/c1-6-7-10-28-18-12-17(21(18,3)4)24-20(27)19(26)23-14-8-9-16-15(11-14)22-13(2)25(16)5/h8-9,11,17-18H,6-7,10,12H2,1-5H3,(H,23,26)(H,24,27)/t17-,18+/m1/s1. The molecule has 28 heavy (non-hydrogen) atoms. The zero-order valence-electron chi connectivity index (χ0n) is 17.3. The normalized spacial score (nSPS) is 20.6. The summed E-state index contributed by atoms with van der Waals surface area (Å²) in [5.74, 6) is -0.403. The second-order valence-corrected chi connectivity index (χ2v) is 8.17. The molecule has 1 heterocycles. The van der Waals surface area contributed by atoms with Crippen molar-refractivity contribution in [1.82, 2.24) is 14.9 Å². The van der Waals surface area contributed by atoms with Crippen molar-refractivity contribution < 1.29 is 14.3 Å². The van der Waals surface area contributed by atoms with Gasteiger partial charge < -0.3 is 19.9 Å². The van der Waals surface area contributed by atoms with E-state index in [4.69, 9.17) is 4.74 Å². The number of hydrogen-bond donors (Lipinski definition) is 2. The van der Waals surface area contributed by atoms with Crippen molar-refractivity contribution in [2.24, 2.45) is 12.5 Å². The third-order valence-electron chi connectivity index (χ3n) is 5.87. The van der Waals surface area contributed by atoms with E-state index in [1.54, 1.807) is 12.1 Å². The molecule has 1 aliphatic rings. The van der Waals surface area contributed by atoms with Crippen LogP contribution in [0.25, 0.3) is 11.0 Å². The lowest BCUT2D eigenvalue weighted by Gasteiger charge is -2.51. The maximum atomic E-state index is 12.3.